The number of nitrogens with one attached hydrogen (secondary N) is 1. The minimum absolute atomic E-state index is 0.109. The molecule has 2 aliphatic rings. The lowest BCUT2D eigenvalue weighted by Gasteiger charge is -2.41. The van der Waals surface area contributed by atoms with E-state index in [1.54, 1.807) is 47.3 Å². The number of alkyl halides is 2. The van der Waals surface area contributed by atoms with Crippen LogP contribution in [0.25, 0.3) is 22.2 Å². The van der Waals surface area contributed by atoms with Gasteiger partial charge in [-0.05, 0) is 44.2 Å². The van der Waals surface area contributed by atoms with E-state index >= 15 is 4.39 Å². The maximum atomic E-state index is 15.8. The number of hydrogen-bond acceptors (Lipinski definition) is 8. The lowest BCUT2D eigenvalue weighted by Crippen LogP contribution is -2.56. The van der Waals surface area contributed by atoms with Crippen LogP contribution in [0.1, 0.15) is 50.7 Å². The maximum Gasteiger partial charge on any atom is 0.409 e. The molecule has 4 heterocycles. The molecular formula is C31H34B3ClF3N7O4. The number of amides is 2. The summed E-state index contributed by atoms with van der Waals surface area (Å²) in [5.74, 6) is -0.128. The summed E-state index contributed by atoms with van der Waals surface area (Å²) in [5, 5.41) is 2.15. The molecule has 1 fully saturated rings. The van der Waals surface area contributed by atoms with Gasteiger partial charge in [-0.25, -0.2) is 24.1 Å². The number of benzene rings is 2. The maximum absolute atomic E-state index is 15.8. The van der Waals surface area contributed by atoms with Crippen molar-refractivity contribution in [3.8, 4) is 16.9 Å². The number of nitrogens with zero attached hydrogens (tertiary/aromatic N) is 6. The number of halogens is 4. The van der Waals surface area contributed by atoms with Crippen LogP contribution in [0.2, 0.25) is 5.02 Å². The predicted octanol–water partition coefficient (Wildman–Crippen LogP) is 2.61. The first-order valence-corrected chi connectivity index (χ1v) is 16.2. The van der Waals surface area contributed by atoms with Gasteiger partial charge in [-0.15, -0.1) is 0 Å². The van der Waals surface area contributed by atoms with Crippen molar-refractivity contribution in [1.29, 1.82) is 0 Å². The first kappa shape index (κ1) is 34.5. The highest BCUT2D eigenvalue weighted by Gasteiger charge is 2.46. The fraction of sp³-hybridized carbons (Fsp3) is 0.387. The number of rotatable bonds is 7. The van der Waals surface area contributed by atoms with E-state index in [4.69, 9.17) is 26.1 Å². The quantitative estimate of drug-likeness (QED) is 0.294. The molecule has 0 radical (unpaired) electrons. The van der Waals surface area contributed by atoms with Crippen molar-refractivity contribution in [2.75, 3.05) is 24.5 Å². The number of anilines is 1. The molecule has 2 aromatic carbocycles. The van der Waals surface area contributed by atoms with Gasteiger partial charge in [-0.3, -0.25) is 4.79 Å². The monoisotopic (exact) mass is 693 g/mol. The van der Waals surface area contributed by atoms with Crippen molar-refractivity contribution in [3.05, 3.63) is 65.0 Å². The van der Waals surface area contributed by atoms with Crippen LogP contribution in [0.3, 0.4) is 0 Å². The topological polar surface area (TPSA) is 115 Å². The molecule has 6 rings (SSSR count). The van der Waals surface area contributed by atoms with E-state index in [1.165, 1.54) is 30.6 Å². The van der Waals surface area contributed by atoms with Crippen LogP contribution in [0.5, 0.6) is 5.75 Å². The Bertz CT molecular complexity index is 1920. The van der Waals surface area contributed by atoms with Crippen LogP contribution in [-0.2, 0) is 9.53 Å². The molecule has 18 heteroatoms. The molecule has 2 aromatic heterocycles. The smallest absolute Gasteiger partial charge is 0.409 e. The second kappa shape index (κ2) is 12.8. The molecule has 0 bridgehead atoms. The molecule has 49 heavy (non-hydrogen) atoms. The minimum Gasteiger partial charge on any atom is -0.444 e. The highest BCUT2D eigenvalue weighted by Crippen LogP contribution is 2.50. The van der Waals surface area contributed by atoms with Crippen molar-refractivity contribution < 1.29 is 32.2 Å². The van der Waals surface area contributed by atoms with Gasteiger partial charge in [0.15, 0.2) is 0 Å². The number of imidazole rings is 1. The van der Waals surface area contributed by atoms with Gasteiger partial charge in [0.05, 0.1) is 29.7 Å². The van der Waals surface area contributed by atoms with Crippen LogP contribution >= 0.6 is 11.6 Å². The van der Waals surface area contributed by atoms with Crippen molar-refractivity contribution >= 4 is 64.1 Å². The van der Waals surface area contributed by atoms with Crippen molar-refractivity contribution in [3.63, 3.8) is 0 Å². The average Bonchev–Trinajstić information content (AvgIpc) is 3.52. The van der Waals surface area contributed by atoms with E-state index in [0.717, 1.165) is 0 Å². The van der Waals surface area contributed by atoms with Crippen molar-refractivity contribution in [1.82, 2.24) is 29.7 Å². The Balaban J connectivity index is 1.51. The lowest BCUT2D eigenvalue weighted by atomic mass is 9.48. The Labute approximate surface area is 288 Å². The normalized spacial score (nSPS) is 18.0. The summed E-state index contributed by atoms with van der Waals surface area (Å²) in [5.41, 5.74) is 0.755. The van der Waals surface area contributed by atoms with Gasteiger partial charge >= 0.3 is 12.7 Å². The van der Waals surface area contributed by atoms with E-state index in [-0.39, 0.29) is 46.3 Å². The van der Waals surface area contributed by atoms with Crippen LogP contribution in [0.4, 0.5) is 23.9 Å². The Kier molecular flexibility index (Phi) is 9.01. The van der Waals surface area contributed by atoms with E-state index in [2.05, 4.69) is 15.3 Å². The highest BCUT2D eigenvalue weighted by atomic mass is 35.5. The second-order valence-electron chi connectivity index (χ2n) is 14.0. The Hall–Kier alpha value is -4.40. The third kappa shape index (κ3) is 6.90. The highest BCUT2D eigenvalue weighted by molar-refractivity contribution is 6.59. The number of piperazine rings is 1. The van der Waals surface area contributed by atoms with Crippen LogP contribution in [-0.4, -0.2) is 97.0 Å². The molecule has 0 saturated carbocycles. The molecule has 0 spiro atoms. The number of hydrogen-bond donors (Lipinski definition) is 1. The molecule has 2 amide bonds. The standard InChI is InChI=1S/C31H34B3ClF3N7O4/c1-30(2,3)49-29(47)45(31(32,33)34)22-11-21(25-17(35)5-4-6-23(25)48-27(37)38)44-20-9-16(18(36)10-19(20)42-26(22)44)15-12-40-28(41-13-15)43-8-7-39-24(46)14-43/h4-6,9-10,12-13,21-22,27H,7-8,11,14,32-34H2,1-3H3,(H,39,46)/t21-,22-/m1/s1. The van der Waals surface area contributed by atoms with Gasteiger partial charge in [-0.1, -0.05) is 17.7 Å². The molecule has 1 saturated heterocycles. The Morgan fingerprint density at radius 3 is 2.51 bits per heavy atom. The average molecular weight is 694 g/mol. The first-order chi connectivity index (χ1) is 23.0. The van der Waals surface area contributed by atoms with Crippen molar-refractivity contribution in [2.45, 2.75) is 56.7 Å². The SMILES string of the molecule is BC(B)(B)N(C(=O)OC(C)(C)C)[C@@H]1C[C@H](c2c(Cl)cccc2OC(F)F)n2c1nc1cc(F)c(-c3cnc(N4CCNC(=O)C4)nc3)cc12. The summed E-state index contributed by atoms with van der Waals surface area (Å²) < 4.78 is 55.7. The summed E-state index contributed by atoms with van der Waals surface area (Å²) >= 11 is 6.72. The fourth-order valence-corrected chi connectivity index (χ4v) is 6.75. The summed E-state index contributed by atoms with van der Waals surface area (Å²) in [6.07, 6.45) is 2.55. The van der Waals surface area contributed by atoms with Gasteiger partial charge in [0.25, 0.3) is 0 Å². The summed E-state index contributed by atoms with van der Waals surface area (Å²) in [6, 6.07) is 5.91. The molecule has 2 aliphatic heterocycles. The number of carbonyl (C=O) groups excluding carboxylic acids is 2. The molecule has 254 valence electrons. The largest absolute Gasteiger partial charge is 0.444 e. The van der Waals surface area contributed by atoms with Crippen LogP contribution in [0, 0.1) is 5.82 Å². The van der Waals surface area contributed by atoms with E-state index in [0.29, 0.717) is 35.9 Å². The molecule has 2 atom stereocenters. The van der Waals surface area contributed by atoms with Gasteiger partial charge in [0.1, 0.15) is 46.5 Å². The first-order valence-electron chi connectivity index (χ1n) is 15.8. The molecular weight excluding hydrogens is 659 g/mol. The Morgan fingerprint density at radius 1 is 1.16 bits per heavy atom. The van der Waals surface area contributed by atoms with Crippen LogP contribution < -0.4 is 15.0 Å². The van der Waals surface area contributed by atoms with Gasteiger partial charge in [0.2, 0.25) is 11.9 Å². The van der Waals surface area contributed by atoms with Crippen LogP contribution in [0.15, 0.2) is 42.7 Å². The third-order valence-electron chi connectivity index (χ3n) is 8.32. The van der Waals surface area contributed by atoms with Gasteiger partial charge in [-0.2, -0.15) is 8.78 Å². The zero-order chi connectivity index (χ0) is 35.4. The zero-order valence-corrected chi connectivity index (χ0v) is 28.7. The fourth-order valence-electron chi connectivity index (χ4n) is 6.46. The summed E-state index contributed by atoms with van der Waals surface area (Å²) in [4.78, 5) is 42.6. The summed E-state index contributed by atoms with van der Waals surface area (Å²) in [7, 11) is 5.57. The Morgan fingerprint density at radius 2 is 1.88 bits per heavy atom. The molecule has 1 N–H and O–H groups in total. The summed E-state index contributed by atoms with van der Waals surface area (Å²) in [6.45, 7) is 3.27. The number of fused-ring (bicyclic) bond motifs is 3. The van der Waals surface area contributed by atoms with Crippen molar-refractivity contribution in [2.24, 2.45) is 0 Å². The minimum atomic E-state index is -3.12. The molecule has 11 nitrogen and oxygen atoms in total. The van der Waals surface area contributed by atoms with E-state index in [9.17, 15) is 18.4 Å². The van der Waals surface area contributed by atoms with Gasteiger partial charge < -0.3 is 29.2 Å². The number of aromatic nitrogens is 4. The third-order valence-corrected chi connectivity index (χ3v) is 8.65. The molecule has 0 unspecified atom stereocenters. The van der Waals surface area contributed by atoms with E-state index in [1.807, 2.05) is 23.5 Å². The lowest BCUT2D eigenvalue weighted by molar-refractivity contribution is -0.120. The second-order valence-corrected chi connectivity index (χ2v) is 14.4. The number of carbonyl (C=O) groups is 2. The predicted molar refractivity (Wildman–Crippen MR) is 186 cm³/mol. The molecule has 4 aromatic rings. The van der Waals surface area contributed by atoms with Gasteiger partial charge in [0, 0.05) is 59.7 Å². The zero-order valence-electron chi connectivity index (χ0n) is 27.9. The number of ether oxygens (including phenoxy) is 2. The molecule has 0 aliphatic carbocycles. The van der Waals surface area contributed by atoms with E-state index < -0.39 is 41.4 Å².